The molecule has 5 aromatic rings. The van der Waals surface area contributed by atoms with Crippen LogP contribution in [0, 0.1) is 11.8 Å². The molecule has 0 saturated carbocycles. The number of aromatic amines is 2. The van der Waals surface area contributed by atoms with Crippen LogP contribution in [0.25, 0.3) is 33.6 Å². The normalized spacial score (nSPS) is 18.3. The molecule has 2 aromatic carbocycles. The molecule has 2 fully saturated rings. The summed E-state index contributed by atoms with van der Waals surface area (Å²) in [5, 5.41) is 3.25. The van der Waals surface area contributed by atoms with E-state index >= 15 is 0 Å². The lowest BCUT2D eigenvalue weighted by molar-refractivity contribution is -0.188. The molecule has 2 amide bonds. The van der Waals surface area contributed by atoms with Crippen molar-refractivity contribution in [3.63, 3.8) is 0 Å². The van der Waals surface area contributed by atoms with Gasteiger partial charge in [-0.1, -0.05) is 76.2 Å². The minimum Gasteiger partial charge on any atom is -0.342 e. The second kappa shape index (κ2) is 17.3. The molecule has 14 heteroatoms. The van der Waals surface area contributed by atoms with Crippen molar-refractivity contribution in [1.82, 2.24) is 39.7 Å². The van der Waals surface area contributed by atoms with Gasteiger partial charge in [0.05, 0.1) is 43.0 Å². The molecule has 292 valence electrons. The summed E-state index contributed by atoms with van der Waals surface area (Å²) in [6.07, 6.45) is 11.7. The van der Waals surface area contributed by atoms with Gasteiger partial charge in [0.2, 0.25) is 24.2 Å². The lowest BCUT2D eigenvalue weighted by atomic mass is 10.0. The Morgan fingerprint density at radius 2 is 1.25 bits per heavy atom. The molecule has 4 atom stereocenters. The smallest absolute Gasteiger partial charge is 0.248 e. The van der Waals surface area contributed by atoms with Crippen LogP contribution in [0.2, 0.25) is 0 Å². The Kier molecular flexibility index (Phi) is 11.8. The molecular formula is C42H50N10O4. The van der Waals surface area contributed by atoms with Gasteiger partial charge in [0.15, 0.2) is 0 Å². The number of benzene rings is 2. The third-order valence-electron chi connectivity index (χ3n) is 10.6. The van der Waals surface area contributed by atoms with E-state index in [2.05, 4.69) is 83.7 Å². The first-order chi connectivity index (χ1) is 27.2. The summed E-state index contributed by atoms with van der Waals surface area (Å²) in [5.74, 6) is 2.04. The van der Waals surface area contributed by atoms with Crippen LogP contribution in [0.3, 0.4) is 0 Å². The van der Waals surface area contributed by atoms with Crippen molar-refractivity contribution in [2.75, 3.05) is 25.5 Å². The number of carbonyl (C=O) groups excluding carboxylic acids is 2. The maximum absolute atomic E-state index is 13.8. The van der Waals surface area contributed by atoms with Crippen LogP contribution in [0.1, 0.15) is 77.1 Å². The molecule has 7 rings (SSSR count). The number of imidazole rings is 2. The quantitative estimate of drug-likeness (QED) is 0.0467. The van der Waals surface area contributed by atoms with E-state index in [1.807, 2.05) is 49.9 Å². The number of amides is 2. The molecule has 3 N–H and O–H groups in total. The fourth-order valence-electron chi connectivity index (χ4n) is 7.65. The number of rotatable bonds is 14. The molecule has 0 spiro atoms. The number of likely N-dealkylation sites (tertiary alicyclic amines) is 2. The topological polar surface area (TPSA) is 167 Å². The second-order valence-electron chi connectivity index (χ2n) is 15.0. The van der Waals surface area contributed by atoms with Crippen LogP contribution >= 0.6 is 0 Å². The van der Waals surface area contributed by atoms with E-state index in [1.165, 1.54) is 13.5 Å². The molecule has 2 aliphatic rings. The Bertz CT molecular complexity index is 2100. The fourth-order valence-corrected chi connectivity index (χ4v) is 7.65. The van der Waals surface area contributed by atoms with Crippen molar-refractivity contribution in [2.45, 2.75) is 77.5 Å². The van der Waals surface area contributed by atoms with Gasteiger partial charge in [-0.25, -0.2) is 24.9 Å². The van der Waals surface area contributed by atoms with Crippen molar-refractivity contribution in [3.05, 3.63) is 91.0 Å². The maximum atomic E-state index is 13.8. The number of nitrogens with one attached hydrogen (secondary N) is 3. The largest absolute Gasteiger partial charge is 0.342 e. The fraction of sp³-hybridized carbons (Fsp3) is 0.405. The number of hydrogen-bond acceptors (Lipinski definition) is 10. The molecule has 2 saturated heterocycles. The molecule has 0 radical (unpaired) electrons. The highest BCUT2D eigenvalue weighted by Crippen LogP contribution is 2.35. The summed E-state index contributed by atoms with van der Waals surface area (Å²) in [6.45, 7) is 9.32. The first-order valence-electron chi connectivity index (χ1n) is 19.4. The molecule has 3 aromatic heterocycles. The van der Waals surface area contributed by atoms with Crippen LogP contribution in [0.4, 0.5) is 5.95 Å². The van der Waals surface area contributed by atoms with Crippen LogP contribution < -0.4 is 5.32 Å². The van der Waals surface area contributed by atoms with E-state index in [4.69, 9.17) is 14.9 Å². The highest BCUT2D eigenvalue weighted by Gasteiger charge is 2.38. The van der Waals surface area contributed by atoms with Gasteiger partial charge in [0.25, 0.3) is 0 Å². The lowest BCUT2D eigenvalue weighted by Gasteiger charge is -2.30. The van der Waals surface area contributed by atoms with Crippen LogP contribution in [-0.2, 0) is 19.4 Å². The van der Waals surface area contributed by atoms with Crippen LogP contribution in [-0.4, -0.2) is 90.2 Å². The van der Waals surface area contributed by atoms with E-state index in [-0.39, 0.29) is 35.7 Å². The number of carbonyl (C=O) groups is 2. The molecule has 0 aliphatic carbocycles. The Morgan fingerprint density at radius 3 is 1.73 bits per heavy atom. The van der Waals surface area contributed by atoms with Gasteiger partial charge in [-0.05, 0) is 65.8 Å². The zero-order chi connectivity index (χ0) is 39.2. The van der Waals surface area contributed by atoms with Crippen molar-refractivity contribution in [2.24, 2.45) is 16.8 Å². The Morgan fingerprint density at radius 1 is 0.750 bits per heavy atom. The minimum absolute atomic E-state index is 0.00423. The van der Waals surface area contributed by atoms with Crippen LogP contribution in [0.15, 0.2) is 84.4 Å². The summed E-state index contributed by atoms with van der Waals surface area (Å²) >= 11 is 0. The number of anilines is 1. The highest BCUT2D eigenvalue weighted by molar-refractivity contribution is 5.85. The summed E-state index contributed by atoms with van der Waals surface area (Å²) in [5.41, 5.74) is 6.00. The predicted octanol–water partition coefficient (Wildman–Crippen LogP) is 7.02. The van der Waals surface area contributed by atoms with Gasteiger partial charge in [-0.2, -0.15) is 4.89 Å². The number of aromatic nitrogens is 6. The Hall–Kier alpha value is -5.89. The Labute approximate surface area is 327 Å². The summed E-state index contributed by atoms with van der Waals surface area (Å²) in [4.78, 5) is 69.9. The monoisotopic (exact) mass is 758 g/mol. The zero-order valence-corrected chi connectivity index (χ0v) is 32.6. The zero-order valence-electron chi connectivity index (χ0n) is 32.6. The molecule has 2 aliphatic heterocycles. The van der Waals surface area contributed by atoms with Gasteiger partial charge in [-0.15, -0.1) is 0 Å². The maximum Gasteiger partial charge on any atom is 0.248 e. The van der Waals surface area contributed by atoms with E-state index in [0.29, 0.717) is 19.0 Å². The summed E-state index contributed by atoms with van der Waals surface area (Å²) < 4.78 is 0. The van der Waals surface area contributed by atoms with Gasteiger partial charge in [-0.3, -0.25) is 9.59 Å². The molecule has 5 heterocycles. The lowest BCUT2D eigenvalue weighted by Crippen LogP contribution is -2.45. The van der Waals surface area contributed by atoms with Gasteiger partial charge < -0.3 is 30.0 Å². The van der Waals surface area contributed by atoms with E-state index in [1.54, 1.807) is 18.5 Å². The number of aliphatic imine (C=N–C) groups is 1. The van der Waals surface area contributed by atoms with Crippen LogP contribution in [0.5, 0.6) is 0 Å². The van der Waals surface area contributed by atoms with E-state index in [9.17, 15) is 9.59 Å². The molecule has 14 nitrogen and oxygen atoms in total. The number of nitrogens with zero attached hydrogens (tertiary/aromatic N) is 7. The van der Waals surface area contributed by atoms with Crippen molar-refractivity contribution in [1.29, 1.82) is 0 Å². The van der Waals surface area contributed by atoms with Gasteiger partial charge in [0, 0.05) is 25.5 Å². The standard InChI is InChI=1S/C42H50N10O4/c1-26(2)36(47-25-56-55-5)40(53)51-21-6-9-34(51)38-45-23-32(48-38)30-15-11-28(12-16-30)29-13-17-31(18-14-29)33-24-46-39(49-33)35-10-7-22-52(35)41(54)37(27(3)4)50-42-43-19-8-20-44-42/h8,11-20,23-27,34-37H,6-7,9-10,21-22H2,1-5H3,(H,45,48)(H,46,49)(H,43,44,50)/b47-25+/t34-,35-,36-,37+/m0/s1. The third kappa shape index (κ3) is 8.35. The van der Waals surface area contributed by atoms with E-state index in [0.717, 1.165) is 71.0 Å². The summed E-state index contributed by atoms with van der Waals surface area (Å²) in [6, 6.07) is 17.2. The first kappa shape index (κ1) is 38.4. The molecule has 0 bridgehead atoms. The number of hydrogen-bond donors (Lipinski definition) is 3. The summed E-state index contributed by atoms with van der Waals surface area (Å²) in [7, 11) is 1.40. The SMILES string of the molecule is COO/C=N/[C@H](C(=O)N1CCC[C@H]1c1ncc(-c2ccc(-c3ccc(-c4cnc([C@@H]5CCCN5C(=O)[C@H](Nc5ncccn5)C(C)C)[nH]4)cc3)cc2)[nH]1)C(C)C. The first-order valence-corrected chi connectivity index (χ1v) is 19.4. The minimum atomic E-state index is -0.568. The molecular weight excluding hydrogens is 709 g/mol. The Balaban J connectivity index is 0.996. The van der Waals surface area contributed by atoms with Gasteiger partial charge in [0.1, 0.15) is 23.7 Å². The third-order valence-corrected chi connectivity index (χ3v) is 10.6. The predicted molar refractivity (Wildman–Crippen MR) is 214 cm³/mol. The van der Waals surface area contributed by atoms with E-state index < -0.39 is 12.1 Å². The van der Waals surface area contributed by atoms with Crippen molar-refractivity contribution >= 4 is 24.2 Å². The highest BCUT2D eigenvalue weighted by atomic mass is 17.2. The number of H-pyrrole nitrogens is 2. The second-order valence-corrected chi connectivity index (χ2v) is 15.0. The molecule has 0 unspecified atom stereocenters. The average Bonchev–Trinajstić information content (AvgIpc) is 4.06. The molecule has 56 heavy (non-hydrogen) atoms. The van der Waals surface area contributed by atoms with Gasteiger partial charge >= 0.3 is 0 Å². The van der Waals surface area contributed by atoms with Crippen molar-refractivity contribution < 1.29 is 19.4 Å². The van der Waals surface area contributed by atoms with Crippen molar-refractivity contribution in [3.8, 4) is 33.6 Å². The average molecular weight is 759 g/mol.